The molecule has 2 aromatic heterocycles. The van der Waals surface area contributed by atoms with E-state index in [0.717, 1.165) is 10.2 Å². The third-order valence-corrected chi connectivity index (χ3v) is 9.51. The monoisotopic (exact) mass is 527 g/mol. The Balaban J connectivity index is 1.38. The third kappa shape index (κ3) is 4.40. The molecule has 188 valence electrons. The molecule has 10 heteroatoms. The maximum atomic E-state index is 14.4. The van der Waals surface area contributed by atoms with E-state index in [1.165, 1.54) is 41.0 Å². The predicted molar refractivity (Wildman–Crippen MR) is 138 cm³/mol. The largest absolute Gasteiger partial charge is 0.497 e. The molecule has 0 saturated carbocycles. The molecule has 5 rings (SSSR count). The van der Waals surface area contributed by atoms with Gasteiger partial charge in [0, 0.05) is 36.6 Å². The second kappa shape index (κ2) is 9.68. The van der Waals surface area contributed by atoms with Crippen molar-refractivity contribution >= 4 is 37.5 Å². The van der Waals surface area contributed by atoms with Gasteiger partial charge in [-0.3, -0.25) is 4.79 Å². The van der Waals surface area contributed by atoms with E-state index in [0.29, 0.717) is 17.0 Å². The first-order valence-electron chi connectivity index (χ1n) is 11.5. The fourth-order valence-electron chi connectivity index (χ4n) is 4.63. The highest BCUT2D eigenvalue weighted by Crippen LogP contribution is 2.29. The van der Waals surface area contributed by atoms with Gasteiger partial charge >= 0.3 is 0 Å². The highest BCUT2D eigenvalue weighted by Gasteiger charge is 2.36. The number of rotatable bonds is 6. The maximum absolute atomic E-state index is 14.4. The van der Waals surface area contributed by atoms with Crippen molar-refractivity contribution in [3.05, 3.63) is 83.1 Å². The van der Waals surface area contributed by atoms with Crippen LogP contribution in [0.2, 0.25) is 0 Å². The zero-order valence-electron chi connectivity index (χ0n) is 19.9. The van der Waals surface area contributed by atoms with Crippen LogP contribution < -0.4 is 4.74 Å². The summed E-state index contributed by atoms with van der Waals surface area (Å²) in [5.41, 5.74) is 0.972. The molecule has 0 spiro atoms. The molecule has 0 aliphatic carbocycles. The minimum Gasteiger partial charge on any atom is -0.497 e. The van der Waals surface area contributed by atoms with E-state index >= 15 is 0 Å². The van der Waals surface area contributed by atoms with Crippen LogP contribution in [0.15, 0.2) is 70.9 Å². The summed E-state index contributed by atoms with van der Waals surface area (Å²) in [5.74, 6) is 0.0686. The van der Waals surface area contributed by atoms with E-state index in [4.69, 9.17) is 4.74 Å². The fourth-order valence-corrected chi connectivity index (χ4v) is 7.14. The van der Waals surface area contributed by atoms with Crippen LogP contribution in [-0.4, -0.2) is 60.9 Å². The number of amides is 1. The summed E-state index contributed by atoms with van der Waals surface area (Å²) in [6, 6.07) is 16.2. The first kappa shape index (κ1) is 24.5. The molecule has 1 atom stereocenters. The number of carbonyl (C=O) groups is 1. The van der Waals surface area contributed by atoms with Crippen molar-refractivity contribution in [2.75, 3.05) is 26.7 Å². The van der Waals surface area contributed by atoms with Crippen LogP contribution in [0.4, 0.5) is 4.39 Å². The Morgan fingerprint density at radius 1 is 1.11 bits per heavy atom. The minimum absolute atomic E-state index is 0.184. The van der Waals surface area contributed by atoms with E-state index in [2.05, 4.69) is 0 Å². The summed E-state index contributed by atoms with van der Waals surface area (Å²) in [4.78, 5) is 16.4. The smallest absolute Gasteiger partial charge is 0.270 e. The number of benzene rings is 2. The molecular formula is C26H26FN3O4S2. The summed E-state index contributed by atoms with van der Waals surface area (Å²) in [7, 11) is -2.19. The minimum atomic E-state index is -3.72. The van der Waals surface area contributed by atoms with Crippen molar-refractivity contribution < 1.29 is 22.3 Å². The lowest BCUT2D eigenvalue weighted by Gasteiger charge is -2.39. The molecule has 2 aromatic carbocycles. The van der Waals surface area contributed by atoms with Crippen LogP contribution in [0.1, 0.15) is 23.0 Å². The molecule has 0 radical (unpaired) electrons. The van der Waals surface area contributed by atoms with E-state index in [-0.39, 0.29) is 42.8 Å². The van der Waals surface area contributed by atoms with Crippen LogP contribution in [0, 0.1) is 5.82 Å². The summed E-state index contributed by atoms with van der Waals surface area (Å²) < 4.78 is 49.3. The lowest BCUT2D eigenvalue weighted by molar-refractivity contribution is 0.0632. The van der Waals surface area contributed by atoms with Gasteiger partial charge in [0.05, 0.1) is 18.6 Å². The van der Waals surface area contributed by atoms with Crippen molar-refractivity contribution in [1.29, 1.82) is 0 Å². The molecule has 7 nitrogen and oxygen atoms in total. The highest BCUT2D eigenvalue weighted by molar-refractivity contribution is 7.89. The van der Waals surface area contributed by atoms with E-state index in [1.54, 1.807) is 42.2 Å². The van der Waals surface area contributed by atoms with Gasteiger partial charge in [-0.15, -0.1) is 11.3 Å². The summed E-state index contributed by atoms with van der Waals surface area (Å²) in [6.07, 6.45) is 0. The fraction of sp³-hybridized carbons (Fsp3) is 0.269. The molecule has 1 aliphatic rings. The summed E-state index contributed by atoms with van der Waals surface area (Å²) in [6.45, 7) is 2.74. The third-order valence-electron chi connectivity index (χ3n) is 6.53. The molecular weight excluding hydrogens is 501 g/mol. The first-order valence-corrected chi connectivity index (χ1v) is 13.9. The Morgan fingerprint density at radius 2 is 1.86 bits per heavy atom. The van der Waals surface area contributed by atoms with Crippen molar-refractivity contribution in [2.45, 2.75) is 24.4 Å². The number of carbonyl (C=O) groups excluding carboxylic acids is 1. The Bertz CT molecular complexity index is 1510. The van der Waals surface area contributed by atoms with E-state index < -0.39 is 16.1 Å². The van der Waals surface area contributed by atoms with E-state index in [9.17, 15) is 17.6 Å². The van der Waals surface area contributed by atoms with Crippen LogP contribution in [0.3, 0.4) is 0 Å². The summed E-state index contributed by atoms with van der Waals surface area (Å²) >= 11 is 1.50. The van der Waals surface area contributed by atoms with Gasteiger partial charge in [0.2, 0.25) is 10.0 Å². The zero-order chi connectivity index (χ0) is 25.4. The van der Waals surface area contributed by atoms with Crippen molar-refractivity contribution in [2.24, 2.45) is 0 Å². The predicted octanol–water partition coefficient (Wildman–Crippen LogP) is 4.43. The van der Waals surface area contributed by atoms with Gasteiger partial charge in [-0.2, -0.15) is 4.31 Å². The van der Waals surface area contributed by atoms with Gasteiger partial charge in [0.15, 0.2) is 0 Å². The standard InChI is InChI=1S/C26H26FN3O4S2/c1-18-16-28(12-13-30(18)36(32,33)22-9-7-21(34-2)8-10-22)25(31)24-15-19-11-14-35-26(19)29(24)17-20-5-3-4-6-23(20)27/h3-11,14-15,18H,12-13,16-17H2,1-2H3/t18-/m0/s1. The van der Waals surface area contributed by atoms with Crippen LogP contribution in [0.5, 0.6) is 5.75 Å². The number of ether oxygens (including phenoxy) is 1. The normalized spacial score (nSPS) is 17.0. The Hall–Kier alpha value is -3.21. The Morgan fingerprint density at radius 3 is 2.56 bits per heavy atom. The Labute approximate surface area is 213 Å². The van der Waals surface area contributed by atoms with Gasteiger partial charge in [0.25, 0.3) is 5.91 Å². The van der Waals surface area contributed by atoms with Gasteiger partial charge in [-0.1, -0.05) is 18.2 Å². The van der Waals surface area contributed by atoms with Gasteiger partial charge in [-0.25, -0.2) is 12.8 Å². The molecule has 1 amide bonds. The second-order valence-electron chi connectivity index (χ2n) is 8.78. The summed E-state index contributed by atoms with van der Waals surface area (Å²) in [5, 5.41) is 2.87. The molecule has 4 aromatic rings. The molecule has 0 bridgehead atoms. The first-order chi connectivity index (χ1) is 17.3. The van der Waals surface area contributed by atoms with Crippen molar-refractivity contribution in [3.8, 4) is 5.75 Å². The van der Waals surface area contributed by atoms with Crippen LogP contribution >= 0.6 is 11.3 Å². The molecule has 0 unspecified atom stereocenters. The lowest BCUT2D eigenvalue weighted by atomic mass is 10.2. The number of hydrogen-bond donors (Lipinski definition) is 0. The molecule has 36 heavy (non-hydrogen) atoms. The zero-order valence-corrected chi connectivity index (χ0v) is 21.6. The number of thiophene rings is 1. The number of halogens is 1. The average Bonchev–Trinajstić information content (AvgIpc) is 3.47. The number of sulfonamides is 1. The number of hydrogen-bond acceptors (Lipinski definition) is 5. The Kier molecular flexibility index (Phi) is 6.59. The van der Waals surface area contributed by atoms with Gasteiger partial charge < -0.3 is 14.2 Å². The van der Waals surface area contributed by atoms with Gasteiger partial charge in [-0.05, 0) is 54.8 Å². The molecule has 1 fully saturated rings. The molecule has 0 N–H and O–H groups in total. The van der Waals surface area contributed by atoms with E-state index in [1.807, 2.05) is 22.1 Å². The van der Waals surface area contributed by atoms with Crippen LogP contribution in [0.25, 0.3) is 10.2 Å². The molecule has 1 aliphatic heterocycles. The number of piperazine rings is 1. The second-order valence-corrected chi connectivity index (χ2v) is 11.6. The number of methoxy groups -OCH3 is 1. The quantitative estimate of drug-likeness (QED) is 0.372. The number of fused-ring (bicyclic) bond motifs is 1. The SMILES string of the molecule is COc1ccc(S(=O)(=O)N2CCN(C(=O)c3cc4ccsc4n3Cc3ccccc3F)C[C@@H]2C)cc1. The number of aromatic nitrogens is 1. The highest BCUT2D eigenvalue weighted by atomic mass is 32.2. The van der Waals surface area contributed by atoms with Gasteiger partial charge in [0.1, 0.15) is 22.1 Å². The van der Waals surface area contributed by atoms with Crippen molar-refractivity contribution in [1.82, 2.24) is 13.8 Å². The maximum Gasteiger partial charge on any atom is 0.270 e. The topological polar surface area (TPSA) is 71.9 Å². The van der Waals surface area contributed by atoms with Crippen molar-refractivity contribution in [3.63, 3.8) is 0 Å². The average molecular weight is 528 g/mol. The number of nitrogens with zero attached hydrogens (tertiary/aromatic N) is 3. The van der Waals surface area contributed by atoms with Crippen LogP contribution in [-0.2, 0) is 16.6 Å². The molecule has 3 heterocycles. The molecule has 1 saturated heterocycles. The lowest BCUT2D eigenvalue weighted by Crippen LogP contribution is -2.55.